The van der Waals surface area contributed by atoms with Gasteiger partial charge in [-0.05, 0) is 43.4 Å². The minimum Gasteiger partial charge on any atom is -0.496 e. The number of pyridine rings is 1. The Hall–Kier alpha value is -3.62. The van der Waals surface area contributed by atoms with Crippen molar-refractivity contribution in [2.24, 2.45) is 13.0 Å². The minimum absolute atomic E-state index is 0.0896. The Morgan fingerprint density at radius 3 is 2.76 bits per heavy atom. The monoisotopic (exact) mass is 465 g/mol. The standard InChI is InChI=1S/C25H31N5O4/c1-5-23(31)26-17-8-9-21(15(2)11-17)30-14-16-12-18(22(34-4)13-20(16)28-30)24(32)27-19-7-6-10-29(3)25(19)33/h6-7,10,12-15,17,21H,5,8-9,11H2,1-4H3,(H,26,31)(H,27,32)/t15-,17+,21+/m1/s1. The lowest BCUT2D eigenvalue weighted by atomic mass is 9.82. The Labute approximate surface area is 198 Å². The number of fused-ring (bicyclic) bond motifs is 1. The zero-order chi connectivity index (χ0) is 24.4. The van der Waals surface area contributed by atoms with Crippen LogP contribution in [0.4, 0.5) is 5.69 Å². The fraction of sp³-hybridized carbons (Fsp3) is 0.440. The number of carbonyl (C=O) groups is 2. The Bertz CT molecular complexity index is 1280. The van der Waals surface area contributed by atoms with E-state index in [0.29, 0.717) is 23.7 Å². The zero-order valence-corrected chi connectivity index (χ0v) is 20.0. The van der Waals surface area contributed by atoms with Crippen molar-refractivity contribution in [1.29, 1.82) is 0 Å². The van der Waals surface area contributed by atoms with Crippen LogP contribution in [0, 0.1) is 5.92 Å². The predicted molar refractivity (Wildman–Crippen MR) is 130 cm³/mol. The average Bonchev–Trinajstić information content (AvgIpc) is 3.23. The fourth-order valence-electron chi connectivity index (χ4n) is 4.70. The molecule has 2 heterocycles. The molecule has 0 spiro atoms. The number of benzene rings is 1. The third kappa shape index (κ3) is 4.69. The summed E-state index contributed by atoms with van der Waals surface area (Å²) < 4.78 is 8.85. The van der Waals surface area contributed by atoms with Crippen LogP contribution in [0.25, 0.3) is 10.9 Å². The Kier molecular flexibility index (Phi) is 6.72. The molecular formula is C25H31N5O4. The lowest BCUT2D eigenvalue weighted by molar-refractivity contribution is -0.121. The van der Waals surface area contributed by atoms with Crippen LogP contribution in [-0.4, -0.2) is 39.3 Å². The molecular weight excluding hydrogens is 434 g/mol. The highest BCUT2D eigenvalue weighted by atomic mass is 16.5. The van der Waals surface area contributed by atoms with Gasteiger partial charge in [0, 0.05) is 43.4 Å². The molecule has 34 heavy (non-hydrogen) atoms. The smallest absolute Gasteiger partial charge is 0.274 e. The summed E-state index contributed by atoms with van der Waals surface area (Å²) in [6.07, 6.45) is 6.79. The Balaban J connectivity index is 1.58. The molecule has 0 aliphatic heterocycles. The number of ether oxygens (including phenoxy) is 1. The van der Waals surface area contributed by atoms with E-state index in [1.807, 2.05) is 17.8 Å². The van der Waals surface area contributed by atoms with E-state index in [9.17, 15) is 14.4 Å². The van der Waals surface area contributed by atoms with E-state index in [-0.39, 0.29) is 29.2 Å². The summed E-state index contributed by atoms with van der Waals surface area (Å²) in [5, 5.41) is 11.4. The highest BCUT2D eigenvalue weighted by Gasteiger charge is 2.30. The number of hydrogen-bond donors (Lipinski definition) is 2. The van der Waals surface area contributed by atoms with E-state index >= 15 is 0 Å². The van der Waals surface area contributed by atoms with Gasteiger partial charge in [0.05, 0.1) is 24.2 Å². The molecule has 1 aliphatic carbocycles. The number of aryl methyl sites for hydroxylation is 1. The molecule has 1 aromatic carbocycles. The summed E-state index contributed by atoms with van der Waals surface area (Å²) in [4.78, 5) is 37.1. The minimum atomic E-state index is -0.421. The maximum atomic E-state index is 13.0. The number of hydrogen-bond acceptors (Lipinski definition) is 5. The van der Waals surface area contributed by atoms with Crippen molar-refractivity contribution in [3.05, 3.63) is 52.6 Å². The summed E-state index contributed by atoms with van der Waals surface area (Å²) in [7, 11) is 3.13. The number of nitrogens with zero attached hydrogens (tertiary/aromatic N) is 3. The largest absolute Gasteiger partial charge is 0.496 e. The van der Waals surface area contributed by atoms with Gasteiger partial charge in [-0.25, -0.2) is 0 Å². The molecule has 0 saturated heterocycles. The average molecular weight is 466 g/mol. The van der Waals surface area contributed by atoms with Crippen LogP contribution in [0.5, 0.6) is 5.75 Å². The molecule has 2 aromatic heterocycles. The van der Waals surface area contributed by atoms with Crippen molar-refractivity contribution in [2.75, 3.05) is 12.4 Å². The van der Waals surface area contributed by atoms with E-state index < -0.39 is 5.91 Å². The maximum absolute atomic E-state index is 13.0. The van der Waals surface area contributed by atoms with Crippen LogP contribution in [0.1, 0.15) is 55.9 Å². The number of amides is 2. The number of carbonyl (C=O) groups excluding carboxylic acids is 2. The third-order valence-electron chi connectivity index (χ3n) is 6.61. The van der Waals surface area contributed by atoms with Gasteiger partial charge in [0.25, 0.3) is 11.5 Å². The van der Waals surface area contributed by atoms with Gasteiger partial charge >= 0.3 is 0 Å². The highest BCUT2D eigenvalue weighted by molar-refractivity contribution is 6.08. The number of rotatable bonds is 6. The molecule has 4 rings (SSSR count). The molecule has 1 aliphatic rings. The SMILES string of the molecule is CCC(=O)N[C@H]1CC[C@H](n2cc3cc(C(=O)Nc4cccn(C)c4=O)c(OC)cc3n2)[C@H](C)C1. The second-order valence-electron chi connectivity index (χ2n) is 8.99. The second kappa shape index (κ2) is 9.70. The van der Waals surface area contributed by atoms with Crippen molar-refractivity contribution >= 4 is 28.4 Å². The van der Waals surface area contributed by atoms with Gasteiger partial charge in [0.1, 0.15) is 11.4 Å². The van der Waals surface area contributed by atoms with Gasteiger partial charge in [-0.2, -0.15) is 5.10 Å². The van der Waals surface area contributed by atoms with Gasteiger partial charge < -0.3 is 19.9 Å². The zero-order valence-electron chi connectivity index (χ0n) is 20.0. The first-order valence-electron chi connectivity index (χ1n) is 11.6. The molecule has 180 valence electrons. The summed E-state index contributed by atoms with van der Waals surface area (Å²) in [6.45, 7) is 4.04. The number of aromatic nitrogens is 3. The quantitative estimate of drug-likeness (QED) is 0.581. The summed E-state index contributed by atoms with van der Waals surface area (Å²) in [6, 6.07) is 7.18. The van der Waals surface area contributed by atoms with E-state index in [2.05, 4.69) is 17.6 Å². The molecule has 1 fully saturated rings. The molecule has 9 heteroatoms. The highest BCUT2D eigenvalue weighted by Crippen LogP contribution is 2.35. The molecule has 3 aromatic rings. The Morgan fingerprint density at radius 1 is 1.26 bits per heavy atom. The predicted octanol–water partition coefficient (Wildman–Crippen LogP) is 3.25. The first-order chi connectivity index (χ1) is 16.3. The molecule has 2 N–H and O–H groups in total. The van der Waals surface area contributed by atoms with Crippen LogP contribution in [0.3, 0.4) is 0 Å². The second-order valence-corrected chi connectivity index (χ2v) is 8.99. The van der Waals surface area contributed by atoms with E-state index in [0.717, 1.165) is 30.2 Å². The van der Waals surface area contributed by atoms with Crippen LogP contribution in [0.2, 0.25) is 0 Å². The van der Waals surface area contributed by atoms with Gasteiger partial charge in [-0.15, -0.1) is 0 Å². The molecule has 0 unspecified atom stereocenters. The topological polar surface area (TPSA) is 107 Å². The van der Waals surface area contributed by atoms with E-state index in [1.165, 1.54) is 11.7 Å². The fourth-order valence-corrected chi connectivity index (χ4v) is 4.70. The third-order valence-corrected chi connectivity index (χ3v) is 6.61. The first-order valence-corrected chi connectivity index (χ1v) is 11.6. The summed E-state index contributed by atoms with van der Waals surface area (Å²) in [5.74, 6) is 0.397. The van der Waals surface area contributed by atoms with Crippen molar-refractivity contribution in [2.45, 2.75) is 51.6 Å². The first kappa shape index (κ1) is 23.5. The normalized spacial score (nSPS) is 20.2. The summed E-state index contributed by atoms with van der Waals surface area (Å²) in [5.41, 5.74) is 0.981. The van der Waals surface area contributed by atoms with Crippen molar-refractivity contribution in [3.63, 3.8) is 0 Å². The van der Waals surface area contributed by atoms with E-state index in [4.69, 9.17) is 9.84 Å². The molecule has 0 radical (unpaired) electrons. The van der Waals surface area contributed by atoms with Gasteiger partial charge in [0.15, 0.2) is 0 Å². The molecule has 9 nitrogen and oxygen atoms in total. The van der Waals surface area contributed by atoms with Crippen LogP contribution in [-0.2, 0) is 11.8 Å². The van der Waals surface area contributed by atoms with Crippen molar-refractivity contribution < 1.29 is 14.3 Å². The van der Waals surface area contributed by atoms with Gasteiger partial charge in [-0.1, -0.05) is 13.8 Å². The molecule has 3 atom stereocenters. The van der Waals surface area contributed by atoms with Crippen LogP contribution in [0.15, 0.2) is 41.5 Å². The molecule has 0 bridgehead atoms. The maximum Gasteiger partial charge on any atom is 0.274 e. The van der Waals surface area contributed by atoms with E-state index in [1.54, 1.807) is 37.5 Å². The lowest BCUT2D eigenvalue weighted by Gasteiger charge is -2.34. The van der Waals surface area contributed by atoms with Crippen LogP contribution >= 0.6 is 0 Å². The van der Waals surface area contributed by atoms with Crippen molar-refractivity contribution in [3.8, 4) is 5.75 Å². The Morgan fingerprint density at radius 2 is 2.06 bits per heavy atom. The summed E-state index contributed by atoms with van der Waals surface area (Å²) >= 11 is 0. The molecule has 1 saturated carbocycles. The lowest BCUT2D eigenvalue weighted by Crippen LogP contribution is -2.40. The van der Waals surface area contributed by atoms with Crippen molar-refractivity contribution in [1.82, 2.24) is 19.7 Å². The van der Waals surface area contributed by atoms with Gasteiger partial charge in [-0.3, -0.25) is 19.1 Å². The number of anilines is 1. The van der Waals surface area contributed by atoms with Gasteiger partial charge in [0.2, 0.25) is 5.91 Å². The molecule has 2 amide bonds. The number of nitrogens with one attached hydrogen (secondary N) is 2. The van der Waals surface area contributed by atoms with Crippen LogP contribution < -0.4 is 20.9 Å². The number of methoxy groups -OCH3 is 1.